The quantitative estimate of drug-likeness (QED) is 0.845. The van der Waals surface area contributed by atoms with Crippen molar-refractivity contribution in [3.05, 3.63) is 48.0 Å². The summed E-state index contributed by atoms with van der Waals surface area (Å²) >= 11 is 0. The lowest BCUT2D eigenvalue weighted by Gasteiger charge is -2.33. The second kappa shape index (κ2) is 7.10. The third kappa shape index (κ3) is 3.56. The molecule has 2 bridgehead atoms. The van der Waals surface area contributed by atoms with Gasteiger partial charge in [0.15, 0.2) is 0 Å². The SMILES string of the molecule is O=C(NC1CCN(CCc2ccccc2)CC1)[C@@H]1C[C@H]2C=C[C@H]1C2. The number of hydrogen-bond donors (Lipinski definition) is 1. The van der Waals surface area contributed by atoms with Crippen molar-refractivity contribution >= 4 is 5.91 Å². The number of nitrogens with zero attached hydrogens (tertiary/aromatic N) is 1. The maximum absolute atomic E-state index is 12.5. The molecule has 1 saturated carbocycles. The fraction of sp³-hybridized carbons (Fsp3) is 0.571. The molecule has 1 N–H and O–H groups in total. The van der Waals surface area contributed by atoms with Gasteiger partial charge in [-0.2, -0.15) is 0 Å². The van der Waals surface area contributed by atoms with Gasteiger partial charge in [0.25, 0.3) is 0 Å². The lowest BCUT2D eigenvalue weighted by Crippen LogP contribution is -2.47. The number of fused-ring (bicyclic) bond motifs is 2. The van der Waals surface area contributed by atoms with Crippen LogP contribution < -0.4 is 5.32 Å². The number of piperidine rings is 1. The van der Waals surface area contributed by atoms with Crippen LogP contribution in [0.4, 0.5) is 0 Å². The van der Waals surface area contributed by atoms with Gasteiger partial charge >= 0.3 is 0 Å². The van der Waals surface area contributed by atoms with Gasteiger partial charge in [0.2, 0.25) is 5.91 Å². The van der Waals surface area contributed by atoms with Crippen molar-refractivity contribution in [3.8, 4) is 0 Å². The molecular formula is C21H28N2O. The molecule has 0 unspecified atom stereocenters. The molecule has 1 saturated heterocycles. The average molecular weight is 324 g/mol. The van der Waals surface area contributed by atoms with E-state index in [0.29, 0.717) is 23.8 Å². The van der Waals surface area contributed by atoms with E-state index in [9.17, 15) is 4.79 Å². The monoisotopic (exact) mass is 324 g/mol. The summed E-state index contributed by atoms with van der Waals surface area (Å²) in [4.78, 5) is 15.1. The highest BCUT2D eigenvalue weighted by atomic mass is 16.2. The van der Waals surface area contributed by atoms with E-state index < -0.39 is 0 Å². The molecule has 0 spiro atoms. The average Bonchev–Trinajstić information content (AvgIpc) is 3.25. The van der Waals surface area contributed by atoms with Crippen molar-refractivity contribution in [1.29, 1.82) is 0 Å². The Morgan fingerprint density at radius 1 is 1.08 bits per heavy atom. The van der Waals surface area contributed by atoms with Crippen LogP contribution in [0.5, 0.6) is 0 Å². The van der Waals surface area contributed by atoms with Crippen molar-refractivity contribution in [2.75, 3.05) is 19.6 Å². The van der Waals surface area contributed by atoms with Gasteiger partial charge in [-0.1, -0.05) is 42.5 Å². The first-order chi connectivity index (χ1) is 11.8. The third-order valence-electron chi connectivity index (χ3n) is 6.11. The summed E-state index contributed by atoms with van der Waals surface area (Å²) in [5.41, 5.74) is 1.41. The molecule has 24 heavy (non-hydrogen) atoms. The van der Waals surface area contributed by atoms with Gasteiger partial charge in [0.05, 0.1) is 0 Å². The predicted octanol–water partition coefficient (Wildman–Crippen LogP) is 3.02. The van der Waals surface area contributed by atoms with E-state index in [1.165, 1.54) is 12.0 Å². The summed E-state index contributed by atoms with van der Waals surface area (Å²) in [5, 5.41) is 3.34. The van der Waals surface area contributed by atoms with Crippen LogP contribution in [0.2, 0.25) is 0 Å². The van der Waals surface area contributed by atoms with E-state index in [0.717, 1.165) is 45.3 Å². The number of carbonyl (C=O) groups excluding carboxylic acids is 1. The van der Waals surface area contributed by atoms with E-state index in [1.54, 1.807) is 0 Å². The Kier molecular flexibility index (Phi) is 4.70. The largest absolute Gasteiger partial charge is 0.353 e. The highest BCUT2D eigenvalue weighted by Gasteiger charge is 2.40. The maximum Gasteiger partial charge on any atom is 0.223 e. The van der Waals surface area contributed by atoms with Crippen LogP contribution >= 0.6 is 0 Å². The normalized spacial score (nSPS) is 29.9. The van der Waals surface area contributed by atoms with Crippen LogP contribution in [0.3, 0.4) is 0 Å². The number of likely N-dealkylation sites (tertiary alicyclic amines) is 1. The number of rotatable bonds is 5. The van der Waals surface area contributed by atoms with Gasteiger partial charge in [-0.05, 0) is 49.5 Å². The van der Waals surface area contributed by atoms with Crippen molar-refractivity contribution < 1.29 is 4.79 Å². The summed E-state index contributed by atoms with van der Waals surface area (Å²) < 4.78 is 0. The van der Waals surface area contributed by atoms with Crippen molar-refractivity contribution in [3.63, 3.8) is 0 Å². The summed E-state index contributed by atoms with van der Waals surface area (Å²) in [6.45, 7) is 3.34. The molecule has 3 aliphatic rings. The Morgan fingerprint density at radius 2 is 1.88 bits per heavy atom. The zero-order valence-corrected chi connectivity index (χ0v) is 14.4. The van der Waals surface area contributed by atoms with Gasteiger partial charge in [0.1, 0.15) is 0 Å². The van der Waals surface area contributed by atoms with Gasteiger partial charge in [-0.25, -0.2) is 0 Å². The first-order valence-corrected chi connectivity index (χ1v) is 9.53. The van der Waals surface area contributed by atoms with Crippen LogP contribution in [0.1, 0.15) is 31.2 Å². The number of benzene rings is 1. The summed E-state index contributed by atoms with van der Waals surface area (Å²) in [6.07, 6.45) is 10.2. The number of nitrogens with one attached hydrogen (secondary N) is 1. The molecule has 0 aromatic heterocycles. The first-order valence-electron chi connectivity index (χ1n) is 9.53. The third-order valence-corrected chi connectivity index (χ3v) is 6.11. The van der Waals surface area contributed by atoms with Crippen LogP contribution in [-0.4, -0.2) is 36.5 Å². The molecule has 1 aromatic carbocycles. The number of carbonyl (C=O) groups is 1. The molecule has 3 atom stereocenters. The Hall–Kier alpha value is -1.61. The minimum atomic E-state index is 0.246. The predicted molar refractivity (Wildman–Crippen MR) is 96.6 cm³/mol. The second-order valence-electron chi connectivity index (χ2n) is 7.75. The molecule has 4 rings (SSSR count). The van der Waals surface area contributed by atoms with Crippen LogP contribution in [0.25, 0.3) is 0 Å². The molecule has 128 valence electrons. The van der Waals surface area contributed by atoms with E-state index in [2.05, 4.69) is 52.7 Å². The summed E-state index contributed by atoms with van der Waals surface area (Å²) in [6, 6.07) is 11.1. The smallest absolute Gasteiger partial charge is 0.223 e. The summed E-state index contributed by atoms with van der Waals surface area (Å²) in [5.74, 6) is 1.75. The van der Waals surface area contributed by atoms with Crippen LogP contribution in [0, 0.1) is 17.8 Å². The molecule has 1 aromatic rings. The Bertz CT molecular complexity index is 589. The molecule has 0 radical (unpaired) electrons. The second-order valence-corrected chi connectivity index (χ2v) is 7.75. The Morgan fingerprint density at radius 3 is 2.54 bits per heavy atom. The van der Waals surface area contributed by atoms with Crippen LogP contribution in [0.15, 0.2) is 42.5 Å². The molecule has 2 fully saturated rings. The van der Waals surface area contributed by atoms with Gasteiger partial charge in [0, 0.05) is 31.6 Å². The zero-order chi connectivity index (χ0) is 16.4. The molecule has 3 heteroatoms. The lowest BCUT2D eigenvalue weighted by atomic mass is 9.92. The van der Waals surface area contributed by atoms with Crippen molar-refractivity contribution in [2.45, 2.75) is 38.1 Å². The minimum Gasteiger partial charge on any atom is -0.353 e. The molecule has 2 aliphatic carbocycles. The number of amides is 1. The van der Waals surface area contributed by atoms with Crippen LogP contribution in [-0.2, 0) is 11.2 Å². The van der Waals surface area contributed by atoms with Gasteiger partial charge in [-0.3, -0.25) is 4.79 Å². The van der Waals surface area contributed by atoms with Crippen molar-refractivity contribution in [2.24, 2.45) is 17.8 Å². The Balaban J connectivity index is 1.19. The maximum atomic E-state index is 12.5. The van der Waals surface area contributed by atoms with E-state index in [1.807, 2.05) is 0 Å². The number of allylic oxidation sites excluding steroid dienone is 2. The minimum absolute atomic E-state index is 0.246. The number of hydrogen-bond acceptors (Lipinski definition) is 2. The zero-order valence-electron chi connectivity index (χ0n) is 14.4. The fourth-order valence-electron chi connectivity index (χ4n) is 4.62. The van der Waals surface area contributed by atoms with Crippen molar-refractivity contribution in [1.82, 2.24) is 10.2 Å². The highest BCUT2D eigenvalue weighted by molar-refractivity contribution is 5.80. The molecule has 1 heterocycles. The van der Waals surface area contributed by atoms with E-state index in [4.69, 9.17) is 0 Å². The Labute approximate surface area is 145 Å². The highest BCUT2D eigenvalue weighted by Crippen LogP contribution is 2.43. The molecule has 3 nitrogen and oxygen atoms in total. The first kappa shape index (κ1) is 15.9. The van der Waals surface area contributed by atoms with E-state index >= 15 is 0 Å². The standard InChI is InChI=1S/C21H28N2O/c24-21(20-15-17-6-7-18(20)14-17)22-19-9-12-23(13-10-19)11-8-16-4-2-1-3-5-16/h1-7,17-20H,8-15H2,(H,22,24)/t17-,18-,20+/m0/s1. The van der Waals surface area contributed by atoms with Gasteiger partial charge < -0.3 is 10.2 Å². The fourth-order valence-corrected chi connectivity index (χ4v) is 4.62. The molecule has 1 amide bonds. The topological polar surface area (TPSA) is 32.3 Å². The molecular weight excluding hydrogens is 296 g/mol. The van der Waals surface area contributed by atoms with E-state index in [-0.39, 0.29) is 5.92 Å². The lowest BCUT2D eigenvalue weighted by molar-refractivity contribution is -0.126. The molecule has 1 aliphatic heterocycles. The summed E-state index contributed by atoms with van der Waals surface area (Å²) in [7, 11) is 0. The van der Waals surface area contributed by atoms with Gasteiger partial charge in [-0.15, -0.1) is 0 Å².